The zero-order chi connectivity index (χ0) is 8.97. The third-order valence-electron chi connectivity index (χ3n) is 2.43. The minimum Gasteiger partial charge on any atom is -0.379 e. The van der Waals surface area contributed by atoms with Gasteiger partial charge in [-0.15, -0.1) is 24.8 Å². The molecule has 0 aromatic heterocycles. The lowest BCUT2D eigenvalue weighted by Gasteiger charge is -2.30. The Hall–Kier alpha value is 0.460. The van der Waals surface area contributed by atoms with Gasteiger partial charge < -0.3 is 10.5 Å². The Morgan fingerprint density at radius 2 is 1.71 bits per heavy atom. The van der Waals surface area contributed by atoms with Gasteiger partial charge in [0.25, 0.3) is 0 Å². The fourth-order valence-corrected chi connectivity index (χ4v) is 1.29. The minimum absolute atomic E-state index is 0. The maximum atomic E-state index is 5.96. The van der Waals surface area contributed by atoms with Crippen LogP contribution in [0.5, 0.6) is 0 Å². The number of halogens is 2. The highest BCUT2D eigenvalue weighted by Gasteiger charge is 2.15. The molecule has 0 amide bonds. The average Bonchev–Trinajstić information content (AvgIpc) is 2.06. The lowest BCUT2D eigenvalue weighted by Crippen LogP contribution is -2.45. The largest absolute Gasteiger partial charge is 0.379 e. The molecule has 1 aliphatic rings. The van der Waals surface area contributed by atoms with Crippen molar-refractivity contribution in [2.75, 3.05) is 32.8 Å². The molecule has 0 radical (unpaired) electrons. The first-order chi connectivity index (χ1) is 5.70. The summed E-state index contributed by atoms with van der Waals surface area (Å²) in [5, 5.41) is 0. The first-order valence-electron chi connectivity index (χ1n) is 4.76. The standard InChI is InChI=1S/C9H20N2O.2ClH/c1-8(2)9(10)7-11-3-5-12-6-4-11;;/h8-9H,3-7,10H2,1-2H3;2*1H. The van der Waals surface area contributed by atoms with Crippen LogP contribution in [0.3, 0.4) is 0 Å². The topological polar surface area (TPSA) is 38.5 Å². The van der Waals surface area contributed by atoms with E-state index in [1.165, 1.54) is 0 Å². The van der Waals surface area contributed by atoms with Gasteiger partial charge in [0.2, 0.25) is 0 Å². The van der Waals surface area contributed by atoms with E-state index in [1.807, 2.05) is 0 Å². The fourth-order valence-electron chi connectivity index (χ4n) is 1.29. The van der Waals surface area contributed by atoms with Crippen molar-refractivity contribution in [1.82, 2.24) is 4.90 Å². The van der Waals surface area contributed by atoms with E-state index in [-0.39, 0.29) is 24.8 Å². The Kier molecular flexibility index (Phi) is 10.5. The Morgan fingerprint density at radius 3 is 2.14 bits per heavy atom. The Balaban J connectivity index is 0. The highest BCUT2D eigenvalue weighted by Crippen LogP contribution is 2.03. The number of rotatable bonds is 3. The second-order valence-electron chi connectivity index (χ2n) is 3.82. The van der Waals surface area contributed by atoms with Crippen molar-refractivity contribution in [2.24, 2.45) is 11.7 Å². The smallest absolute Gasteiger partial charge is 0.0594 e. The van der Waals surface area contributed by atoms with E-state index in [2.05, 4.69) is 18.7 Å². The molecule has 1 rings (SSSR count). The summed E-state index contributed by atoms with van der Waals surface area (Å²) in [4.78, 5) is 2.38. The van der Waals surface area contributed by atoms with Gasteiger partial charge in [0.05, 0.1) is 13.2 Å². The summed E-state index contributed by atoms with van der Waals surface area (Å²) in [7, 11) is 0. The third-order valence-corrected chi connectivity index (χ3v) is 2.43. The Bertz CT molecular complexity index is 130. The molecule has 5 heteroatoms. The number of ether oxygens (including phenoxy) is 1. The lowest BCUT2D eigenvalue weighted by atomic mass is 10.1. The molecule has 1 unspecified atom stereocenters. The molecule has 2 N–H and O–H groups in total. The summed E-state index contributed by atoms with van der Waals surface area (Å²) in [6, 6.07) is 0.308. The van der Waals surface area contributed by atoms with E-state index in [0.717, 1.165) is 32.8 Å². The maximum absolute atomic E-state index is 5.96. The SMILES string of the molecule is CC(C)C(N)CN1CCOCC1.Cl.Cl. The Labute approximate surface area is 99.2 Å². The molecule has 88 valence electrons. The van der Waals surface area contributed by atoms with Crippen LogP contribution < -0.4 is 5.73 Å². The molecule has 0 aromatic rings. The molecule has 1 aliphatic heterocycles. The minimum atomic E-state index is 0. The van der Waals surface area contributed by atoms with Gasteiger partial charge in [-0.3, -0.25) is 4.90 Å². The summed E-state index contributed by atoms with van der Waals surface area (Å²) in [5.41, 5.74) is 5.96. The predicted octanol–water partition coefficient (Wildman–Crippen LogP) is 1.15. The fraction of sp³-hybridized carbons (Fsp3) is 1.00. The number of morpholine rings is 1. The molecule has 0 aliphatic carbocycles. The number of nitrogens with two attached hydrogens (primary N) is 1. The Morgan fingerprint density at radius 1 is 1.21 bits per heavy atom. The zero-order valence-electron chi connectivity index (χ0n) is 8.94. The van der Waals surface area contributed by atoms with E-state index in [9.17, 15) is 0 Å². The van der Waals surface area contributed by atoms with Gasteiger partial charge in [-0.2, -0.15) is 0 Å². The molecule has 0 bridgehead atoms. The van der Waals surface area contributed by atoms with Crippen LogP contribution in [0.4, 0.5) is 0 Å². The summed E-state index contributed by atoms with van der Waals surface area (Å²) in [6.45, 7) is 9.17. The van der Waals surface area contributed by atoms with E-state index in [1.54, 1.807) is 0 Å². The van der Waals surface area contributed by atoms with E-state index in [4.69, 9.17) is 10.5 Å². The third kappa shape index (κ3) is 6.04. The summed E-state index contributed by atoms with van der Waals surface area (Å²) in [5.74, 6) is 0.577. The molecule has 14 heavy (non-hydrogen) atoms. The lowest BCUT2D eigenvalue weighted by molar-refractivity contribution is 0.0333. The summed E-state index contributed by atoms with van der Waals surface area (Å²) >= 11 is 0. The van der Waals surface area contributed by atoms with Crippen LogP contribution in [-0.4, -0.2) is 43.8 Å². The first kappa shape index (κ1) is 16.9. The summed E-state index contributed by atoms with van der Waals surface area (Å²) in [6.07, 6.45) is 0. The van der Waals surface area contributed by atoms with Gasteiger partial charge in [0.15, 0.2) is 0 Å². The second-order valence-corrected chi connectivity index (χ2v) is 3.82. The van der Waals surface area contributed by atoms with Crippen LogP contribution >= 0.6 is 24.8 Å². The summed E-state index contributed by atoms with van der Waals surface area (Å²) < 4.78 is 5.26. The normalized spacial score (nSPS) is 19.7. The zero-order valence-corrected chi connectivity index (χ0v) is 10.6. The molecular formula is C9H22Cl2N2O. The van der Waals surface area contributed by atoms with Crippen molar-refractivity contribution in [2.45, 2.75) is 19.9 Å². The molecule has 3 nitrogen and oxygen atoms in total. The van der Waals surface area contributed by atoms with Gasteiger partial charge in [0.1, 0.15) is 0 Å². The van der Waals surface area contributed by atoms with Gasteiger partial charge in [-0.05, 0) is 5.92 Å². The molecule has 1 heterocycles. The van der Waals surface area contributed by atoms with Crippen LogP contribution in [0.25, 0.3) is 0 Å². The van der Waals surface area contributed by atoms with Crippen molar-refractivity contribution in [3.8, 4) is 0 Å². The van der Waals surface area contributed by atoms with E-state index < -0.39 is 0 Å². The molecule has 1 saturated heterocycles. The number of nitrogens with zero attached hydrogens (tertiary/aromatic N) is 1. The molecule has 0 spiro atoms. The van der Waals surface area contributed by atoms with Gasteiger partial charge in [-0.25, -0.2) is 0 Å². The molecule has 1 fully saturated rings. The average molecular weight is 245 g/mol. The van der Waals surface area contributed by atoms with Crippen LogP contribution in [-0.2, 0) is 4.74 Å². The van der Waals surface area contributed by atoms with Crippen molar-refractivity contribution >= 4 is 24.8 Å². The molecule has 0 aromatic carbocycles. The predicted molar refractivity (Wildman–Crippen MR) is 64.6 cm³/mol. The number of hydrogen-bond donors (Lipinski definition) is 1. The van der Waals surface area contributed by atoms with Crippen LogP contribution in [0.1, 0.15) is 13.8 Å². The van der Waals surface area contributed by atoms with Gasteiger partial charge in [-0.1, -0.05) is 13.8 Å². The van der Waals surface area contributed by atoms with Crippen molar-refractivity contribution in [3.05, 3.63) is 0 Å². The molecular weight excluding hydrogens is 223 g/mol. The second kappa shape index (κ2) is 8.74. The van der Waals surface area contributed by atoms with Gasteiger partial charge in [0, 0.05) is 25.7 Å². The monoisotopic (exact) mass is 244 g/mol. The van der Waals surface area contributed by atoms with Gasteiger partial charge >= 0.3 is 0 Å². The maximum Gasteiger partial charge on any atom is 0.0594 e. The quantitative estimate of drug-likeness (QED) is 0.810. The van der Waals surface area contributed by atoms with Crippen LogP contribution in [0.15, 0.2) is 0 Å². The van der Waals surface area contributed by atoms with Crippen molar-refractivity contribution in [3.63, 3.8) is 0 Å². The van der Waals surface area contributed by atoms with Crippen molar-refractivity contribution < 1.29 is 4.74 Å². The molecule has 1 atom stereocenters. The first-order valence-corrected chi connectivity index (χ1v) is 4.76. The highest BCUT2D eigenvalue weighted by atomic mass is 35.5. The van der Waals surface area contributed by atoms with Crippen LogP contribution in [0, 0.1) is 5.92 Å². The highest BCUT2D eigenvalue weighted by molar-refractivity contribution is 5.85. The van der Waals surface area contributed by atoms with E-state index >= 15 is 0 Å². The van der Waals surface area contributed by atoms with Crippen molar-refractivity contribution in [1.29, 1.82) is 0 Å². The number of hydrogen-bond acceptors (Lipinski definition) is 3. The molecule has 0 saturated carbocycles. The van der Waals surface area contributed by atoms with Crippen LogP contribution in [0.2, 0.25) is 0 Å². The van der Waals surface area contributed by atoms with E-state index in [0.29, 0.717) is 12.0 Å².